The number of amides is 1. The minimum absolute atomic E-state index is 0.308. The quantitative estimate of drug-likeness (QED) is 0.454. The zero-order valence-electron chi connectivity index (χ0n) is 8.64. The van der Waals surface area contributed by atoms with Crippen molar-refractivity contribution in [1.29, 1.82) is 0 Å². The molecule has 0 atom stereocenters. The van der Waals surface area contributed by atoms with Crippen molar-refractivity contribution in [1.82, 2.24) is 5.43 Å². The predicted octanol–water partition coefficient (Wildman–Crippen LogP) is 0.586. The fraction of sp³-hybridized carbons (Fsp3) is 0.222. The number of nitrogen functional groups attached to an aromatic ring is 1. The Hall–Kier alpha value is -1.89. The molecule has 0 aliphatic heterocycles. The van der Waals surface area contributed by atoms with Gasteiger partial charge in [-0.1, -0.05) is 0 Å². The van der Waals surface area contributed by atoms with Gasteiger partial charge in [-0.05, 0) is 6.07 Å². The van der Waals surface area contributed by atoms with Gasteiger partial charge in [0.2, 0.25) is 5.82 Å². The number of halogens is 2. The maximum atomic E-state index is 13.6. The van der Waals surface area contributed by atoms with E-state index < -0.39 is 28.9 Å². The number of nitrogens with two attached hydrogens (primary N) is 1. The lowest BCUT2D eigenvalue weighted by Gasteiger charge is -2.11. The van der Waals surface area contributed by atoms with E-state index in [1.165, 1.54) is 7.11 Å². The van der Waals surface area contributed by atoms with Gasteiger partial charge in [0.05, 0.1) is 19.8 Å². The lowest BCUT2D eigenvalue weighted by Crippen LogP contribution is -2.31. The molecule has 0 aromatic heterocycles. The van der Waals surface area contributed by atoms with Crippen molar-refractivity contribution in [2.75, 3.05) is 14.2 Å². The van der Waals surface area contributed by atoms with Crippen LogP contribution in [-0.2, 0) is 0 Å². The number of ether oxygens (including phenoxy) is 2. The molecule has 0 aliphatic rings. The standard InChI is InChI=1S/C9H10F2N2O3/c1-15-5-3-4(9(14)13-12)6(10)8(16-2)7(5)11/h3H,12H2,1-2H3,(H,13,14). The summed E-state index contributed by atoms with van der Waals surface area (Å²) in [6, 6.07) is 0.898. The first kappa shape index (κ1) is 12.2. The van der Waals surface area contributed by atoms with Crippen LogP contribution in [0.1, 0.15) is 10.4 Å². The summed E-state index contributed by atoms with van der Waals surface area (Å²) in [4.78, 5) is 11.2. The highest BCUT2D eigenvalue weighted by atomic mass is 19.1. The van der Waals surface area contributed by atoms with E-state index >= 15 is 0 Å². The molecular formula is C9H10F2N2O3. The highest BCUT2D eigenvalue weighted by Gasteiger charge is 2.23. The second-order valence-electron chi connectivity index (χ2n) is 2.76. The van der Waals surface area contributed by atoms with Gasteiger partial charge in [-0.15, -0.1) is 0 Å². The van der Waals surface area contributed by atoms with E-state index in [-0.39, 0.29) is 5.75 Å². The first-order valence-electron chi connectivity index (χ1n) is 4.17. The zero-order valence-corrected chi connectivity index (χ0v) is 8.64. The van der Waals surface area contributed by atoms with E-state index in [1.807, 2.05) is 0 Å². The summed E-state index contributed by atoms with van der Waals surface area (Å²) in [7, 11) is 2.25. The predicted molar refractivity (Wildman–Crippen MR) is 51.1 cm³/mol. The second kappa shape index (κ2) is 4.75. The molecule has 0 saturated carbocycles. The van der Waals surface area contributed by atoms with Crippen LogP contribution in [0.2, 0.25) is 0 Å². The van der Waals surface area contributed by atoms with Gasteiger partial charge in [0.1, 0.15) is 0 Å². The van der Waals surface area contributed by atoms with Crippen LogP contribution in [0.15, 0.2) is 6.07 Å². The summed E-state index contributed by atoms with van der Waals surface area (Å²) >= 11 is 0. The summed E-state index contributed by atoms with van der Waals surface area (Å²) in [5.41, 5.74) is 1.27. The Bertz CT molecular complexity index is 424. The van der Waals surface area contributed by atoms with Gasteiger partial charge in [0.25, 0.3) is 5.91 Å². The molecule has 0 aliphatic carbocycles. The molecule has 0 fully saturated rings. The molecule has 0 unspecified atom stereocenters. The van der Waals surface area contributed by atoms with E-state index in [0.717, 1.165) is 13.2 Å². The van der Waals surface area contributed by atoms with Gasteiger partial charge in [-0.2, -0.15) is 4.39 Å². The number of rotatable bonds is 3. The molecule has 0 spiro atoms. The van der Waals surface area contributed by atoms with Crippen LogP contribution < -0.4 is 20.7 Å². The molecule has 1 aromatic carbocycles. The van der Waals surface area contributed by atoms with Crippen LogP contribution >= 0.6 is 0 Å². The Labute approximate surface area is 90.1 Å². The molecule has 88 valence electrons. The summed E-state index contributed by atoms with van der Waals surface area (Å²) in [6.07, 6.45) is 0. The molecule has 0 saturated heterocycles. The van der Waals surface area contributed by atoms with Crippen molar-refractivity contribution in [3.05, 3.63) is 23.3 Å². The van der Waals surface area contributed by atoms with Gasteiger partial charge in [-0.25, -0.2) is 10.2 Å². The first-order chi connectivity index (χ1) is 7.56. The number of carbonyl (C=O) groups excluding carboxylic acids is 1. The van der Waals surface area contributed by atoms with Crippen molar-refractivity contribution in [2.45, 2.75) is 0 Å². The largest absolute Gasteiger partial charge is 0.494 e. The monoisotopic (exact) mass is 232 g/mol. The third-order valence-electron chi connectivity index (χ3n) is 1.93. The van der Waals surface area contributed by atoms with Gasteiger partial charge in [0.15, 0.2) is 17.3 Å². The van der Waals surface area contributed by atoms with Gasteiger partial charge in [-0.3, -0.25) is 10.2 Å². The van der Waals surface area contributed by atoms with E-state index in [2.05, 4.69) is 9.47 Å². The second-order valence-corrected chi connectivity index (χ2v) is 2.76. The Morgan fingerprint density at radius 3 is 2.38 bits per heavy atom. The number of hydrogen-bond acceptors (Lipinski definition) is 4. The molecule has 5 nitrogen and oxygen atoms in total. The molecule has 3 N–H and O–H groups in total. The zero-order chi connectivity index (χ0) is 12.3. The molecule has 1 rings (SSSR count). The maximum absolute atomic E-state index is 13.6. The first-order valence-corrected chi connectivity index (χ1v) is 4.17. The normalized spacial score (nSPS) is 9.81. The number of nitrogens with one attached hydrogen (secondary N) is 1. The number of hydrogen-bond donors (Lipinski definition) is 2. The van der Waals surface area contributed by atoms with Crippen molar-refractivity contribution in [3.63, 3.8) is 0 Å². The average molecular weight is 232 g/mol. The molecule has 1 aromatic rings. The lowest BCUT2D eigenvalue weighted by atomic mass is 10.1. The van der Waals surface area contributed by atoms with E-state index in [0.29, 0.717) is 0 Å². The third kappa shape index (κ3) is 1.89. The maximum Gasteiger partial charge on any atom is 0.268 e. The number of methoxy groups -OCH3 is 2. The lowest BCUT2D eigenvalue weighted by molar-refractivity contribution is 0.0948. The fourth-order valence-corrected chi connectivity index (χ4v) is 1.16. The van der Waals surface area contributed by atoms with Crippen LogP contribution in [0, 0.1) is 11.6 Å². The van der Waals surface area contributed by atoms with Crippen LogP contribution in [-0.4, -0.2) is 20.1 Å². The minimum atomic E-state index is -1.14. The summed E-state index contributed by atoms with van der Waals surface area (Å²) in [6.45, 7) is 0. The Balaban J connectivity index is 3.46. The van der Waals surface area contributed by atoms with Gasteiger partial charge in [0, 0.05) is 0 Å². The Morgan fingerprint density at radius 2 is 1.94 bits per heavy atom. The Morgan fingerprint density at radius 1 is 1.31 bits per heavy atom. The highest BCUT2D eigenvalue weighted by molar-refractivity contribution is 5.95. The molecule has 0 heterocycles. The number of benzene rings is 1. The van der Waals surface area contributed by atoms with Crippen molar-refractivity contribution in [2.24, 2.45) is 5.84 Å². The molecule has 1 amide bonds. The molecular weight excluding hydrogens is 222 g/mol. The Kier molecular flexibility index (Phi) is 3.62. The average Bonchev–Trinajstić information content (AvgIpc) is 2.29. The van der Waals surface area contributed by atoms with Gasteiger partial charge < -0.3 is 9.47 Å². The molecule has 0 radical (unpaired) electrons. The third-order valence-corrected chi connectivity index (χ3v) is 1.93. The minimum Gasteiger partial charge on any atom is -0.494 e. The van der Waals surface area contributed by atoms with Crippen LogP contribution in [0.25, 0.3) is 0 Å². The van der Waals surface area contributed by atoms with Gasteiger partial charge >= 0.3 is 0 Å². The SMILES string of the molecule is COc1cc(C(=O)NN)c(F)c(OC)c1F. The van der Waals surface area contributed by atoms with Crippen LogP contribution in [0.4, 0.5) is 8.78 Å². The van der Waals surface area contributed by atoms with Crippen molar-refractivity contribution in [3.8, 4) is 11.5 Å². The van der Waals surface area contributed by atoms with E-state index in [1.54, 1.807) is 5.43 Å². The van der Waals surface area contributed by atoms with E-state index in [4.69, 9.17) is 5.84 Å². The summed E-state index contributed by atoms with van der Waals surface area (Å²) < 4.78 is 36.1. The highest BCUT2D eigenvalue weighted by Crippen LogP contribution is 2.32. The summed E-state index contributed by atoms with van der Waals surface area (Å²) in [5, 5.41) is 0. The van der Waals surface area contributed by atoms with Crippen molar-refractivity contribution < 1.29 is 23.0 Å². The molecule has 7 heteroatoms. The number of hydrazine groups is 1. The molecule has 0 bridgehead atoms. The van der Waals surface area contributed by atoms with E-state index in [9.17, 15) is 13.6 Å². The van der Waals surface area contributed by atoms with Crippen LogP contribution in [0.5, 0.6) is 11.5 Å². The smallest absolute Gasteiger partial charge is 0.268 e. The topological polar surface area (TPSA) is 73.6 Å². The van der Waals surface area contributed by atoms with Crippen molar-refractivity contribution >= 4 is 5.91 Å². The fourth-order valence-electron chi connectivity index (χ4n) is 1.16. The van der Waals surface area contributed by atoms with Crippen LogP contribution in [0.3, 0.4) is 0 Å². The number of carbonyl (C=O) groups is 1. The molecule has 16 heavy (non-hydrogen) atoms. The summed E-state index contributed by atoms with van der Waals surface area (Å²) in [5.74, 6) is 0.786.